The van der Waals surface area contributed by atoms with E-state index in [1.165, 1.54) is 6.92 Å². The fraction of sp³-hybridized carbons (Fsp3) is 0.222. The molecule has 3 rings (SSSR count). The van der Waals surface area contributed by atoms with Crippen molar-refractivity contribution in [2.75, 3.05) is 5.32 Å². The number of carbonyl (C=O) groups excluding carboxylic acids is 2. The van der Waals surface area contributed by atoms with Crippen LogP contribution in [0.2, 0.25) is 0 Å². The number of fused-ring (bicyclic) bond motifs is 1. The number of hydrogen-bond acceptors (Lipinski definition) is 5. The topological polar surface area (TPSA) is 113 Å². The zero-order valence-electron chi connectivity index (χ0n) is 19.0. The van der Waals surface area contributed by atoms with Crippen LogP contribution in [0.5, 0.6) is 5.75 Å². The van der Waals surface area contributed by atoms with E-state index in [0.29, 0.717) is 29.5 Å². The molecule has 0 saturated heterocycles. The van der Waals surface area contributed by atoms with E-state index >= 15 is 0 Å². The monoisotopic (exact) mass is 461 g/mol. The highest BCUT2D eigenvalue weighted by Gasteiger charge is 2.26. The third-order valence-corrected chi connectivity index (χ3v) is 5.58. The normalized spacial score (nSPS) is 12.9. The third kappa shape index (κ3) is 6.22. The molecule has 0 aliphatic rings. The zero-order chi connectivity index (χ0) is 24.7. The number of hydrogen-bond donors (Lipinski definition) is 3. The second-order valence-electron chi connectivity index (χ2n) is 8.10. The number of Topliss-reactive ketones (excluding diaryl/α,β-unsaturated/α-hetero) is 1. The summed E-state index contributed by atoms with van der Waals surface area (Å²) in [4.78, 5) is 35.0. The molecule has 7 nitrogen and oxygen atoms in total. The number of allylic oxidation sites excluding steroid dienone is 1. The Morgan fingerprint density at radius 1 is 1.00 bits per heavy atom. The average Bonchev–Trinajstić information content (AvgIpc) is 2.81. The fourth-order valence-corrected chi connectivity index (χ4v) is 3.79. The Balaban J connectivity index is 1.86. The molecular formula is C27H27NO6. The predicted octanol–water partition coefficient (Wildman–Crippen LogP) is 6.09. The Morgan fingerprint density at radius 3 is 2.32 bits per heavy atom. The molecule has 34 heavy (non-hydrogen) atoms. The maximum absolute atomic E-state index is 12.8. The van der Waals surface area contributed by atoms with Gasteiger partial charge in [-0.2, -0.15) is 0 Å². The quantitative estimate of drug-likeness (QED) is 0.262. The molecule has 3 N–H and O–H groups in total. The molecule has 176 valence electrons. The number of carboxylic acids is 1. The molecule has 0 aromatic heterocycles. The summed E-state index contributed by atoms with van der Waals surface area (Å²) in [5.41, 5.74) is 1.77. The number of nitrogens with one attached hydrogen (secondary N) is 1. The van der Waals surface area contributed by atoms with Crippen molar-refractivity contribution >= 4 is 34.3 Å². The number of ether oxygens (including phenoxy) is 1. The van der Waals surface area contributed by atoms with Gasteiger partial charge in [-0.1, -0.05) is 43.3 Å². The van der Waals surface area contributed by atoms with Crippen LogP contribution in [0.4, 0.5) is 10.5 Å². The van der Waals surface area contributed by atoms with Gasteiger partial charge in [0.1, 0.15) is 11.9 Å². The number of ketones is 1. The number of carboxylic acid groups (broad SMARTS) is 1. The summed E-state index contributed by atoms with van der Waals surface area (Å²) in [5.74, 6) is -1.11. The van der Waals surface area contributed by atoms with E-state index in [1.807, 2.05) is 25.1 Å². The third-order valence-electron chi connectivity index (χ3n) is 5.58. The number of carbonyl (C=O) groups is 3. The minimum absolute atomic E-state index is 0.0702. The van der Waals surface area contributed by atoms with Crippen LogP contribution in [0.25, 0.3) is 10.8 Å². The molecule has 0 aliphatic carbocycles. The minimum atomic E-state index is -1.01. The lowest BCUT2D eigenvalue weighted by Gasteiger charge is -2.26. The first-order chi connectivity index (χ1) is 16.3. The van der Waals surface area contributed by atoms with Gasteiger partial charge in [0.05, 0.1) is 0 Å². The number of aromatic hydroxyl groups is 1. The highest BCUT2D eigenvalue weighted by Crippen LogP contribution is 2.37. The van der Waals surface area contributed by atoms with E-state index < -0.39 is 18.2 Å². The summed E-state index contributed by atoms with van der Waals surface area (Å²) in [6.07, 6.45) is 2.42. The predicted molar refractivity (Wildman–Crippen MR) is 130 cm³/mol. The number of phenols is 1. The van der Waals surface area contributed by atoms with E-state index in [0.717, 1.165) is 17.0 Å². The van der Waals surface area contributed by atoms with Crippen molar-refractivity contribution in [2.45, 2.75) is 32.8 Å². The molecule has 0 aliphatic heterocycles. The highest BCUT2D eigenvalue weighted by atomic mass is 16.6. The minimum Gasteiger partial charge on any atom is -0.507 e. The van der Waals surface area contributed by atoms with Crippen molar-refractivity contribution in [3.05, 3.63) is 83.9 Å². The van der Waals surface area contributed by atoms with E-state index in [9.17, 15) is 19.5 Å². The van der Waals surface area contributed by atoms with Crippen molar-refractivity contribution < 1.29 is 29.3 Å². The Labute approximate surface area is 197 Å². The van der Waals surface area contributed by atoms with Crippen LogP contribution >= 0.6 is 0 Å². The molecule has 7 heteroatoms. The zero-order valence-corrected chi connectivity index (χ0v) is 19.0. The van der Waals surface area contributed by atoms with Gasteiger partial charge < -0.3 is 14.9 Å². The lowest BCUT2D eigenvalue weighted by Crippen LogP contribution is -2.22. The van der Waals surface area contributed by atoms with Crippen LogP contribution in [0.1, 0.15) is 48.7 Å². The fourth-order valence-electron chi connectivity index (χ4n) is 3.79. The lowest BCUT2D eigenvalue weighted by molar-refractivity contribution is -0.131. The summed E-state index contributed by atoms with van der Waals surface area (Å²) >= 11 is 0. The van der Waals surface area contributed by atoms with E-state index in [2.05, 4.69) is 5.32 Å². The molecule has 3 aromatic carbocycles. The van der Waals surface area contributed by atoms with Gasteiger partial charge in [-0.25, -0.2) is 9.59 Å². The second kappa shape index (κ2) is 11.1. The van der Waals surface area contributed by atoms with Crippen molar-refractivity contribution in [3.63, 3.8) is 0 Å². The van der Waals surface area contributed by atoms with Crippen LogP contribution in [0.15, 0.2) is 72.8 Å². The summed E-state index contributed by atoms with van der Waals surface area (Å²) in [6, 6.07) is 17.1. The summed E-state index contributed by atoms with van der Waals surface area (Å²) in [7, 11) is 0. The summed E-state index contributed by atoms with van der Waals surface area (Å²) in [6.45, 7) is 3.39. The Bertz CT molecular complexity index is 1220. The van der Waals surface area contributed by atoms with Crippen LogP contribution in [0.3, 0.4) is 0 Å². The SMILES string of the molecule is CC(=O)c1ccc(NC(=O)O[C@H](c2ccc(O)c3ccccc23)[C@H](C)CC/C=C/C(=O)O)cc1. The van der Waals surface area contributed by atoms with Gasteiger partial charge in [-0.3, -0.25) is 10.1 Å². The number of phenolic OH excluding ortho intramolecular Hbond substituents is 1. The maximum Gasteiger partial charge on any atom is 0.412 e. The van der Waals surface area contributed by atoms with E-state index in [-0.39, 0.29) is 17.5 Å². The van der Waals surface area contributed by atoms with Crippen molar-refractivity contribution in [1.29, 1.82) is 0 Å². The Kier molecular flexibility index (Phi) is 8.03. The Morgan fingerprint density at radius 2 is 1.68 bits per heavy atom. The molecule has 1 amide bonds. The Hall–Kier alpha value is -4.13. The van der Waals surface area contributed by atoms with Gasteiger partial charge in [0.25, 0.3) is 0 Å². The molecule has 0 heterocycles. The smallest absolute Gasteiger partial charge is 0.412 e. The van der Waals surface area contributed by atoms with Crippen LogP contribution in [-0.4, -0.2) is 28.1 Å². The summed E-state index contributed by atoms with van der Waals surface area (Å²) in [5, 5.41) is 23.2. The number of anilines is 1. The van der Waals surface area contributed by atoms with Crippen molar-refractivity contribution in [1.82, 2.24) is 0 Å². The standard InChI is InChI=1S/C27H27NO6/c1-17(7-3-6-10-25(31)32)26(23-15-16-24(30)22-9-5-4-8-21(22)23)34-27(33)28-20-13-11-19(12-14-20)18(2)29/h4-6,8-17,26,30H,3,7H2,1-2H3,(H,28,33)(H,31,32)/b10-6+/t17-,26+/m1/s1. The van der Waals surface area contributed by atoms with E-state index in [4.69, 9.17) is 9.84 Å². The van der Waals surface area contributed by atoms with Crippen molar-refractivity contribution in [3.8, 4) is 5.75 Å². The molecule has 0 spiro atoms. The van der Waals surface area contributed by atoms with Crippen LogP contribution < -0.4 is 5.32 Å². The molecule has 0 fully saturated rings. The van der Waals surface area contributed by atoms with Gasteiger partial charge in [-0.05, 0) is 61.4 Å². The van der Waals surface area contributed by atoms with E-state index in [1.54, 1.807) is 48.5 Å². The molecule has 2 atom stereocenters. The number of rotatable bonds is 9. The van der Waals surface area contributed by atoms with Gasteiger partial charge >= 0.3 is 12.1 Å². The molecule has 0 saturated carbocycles. The number of aliphatic carboxylic acids is 1. The first-order valence-electron chi connectivity index (χ1n) is 10.9. The number of amides is 1. The maximum atomic E-state index is 12.8. The molecule has 3 aromatic rings. The van der Waals surface area contributed by atoms with Gasteiger partial charge in [0.15, 0.2) is 5.78 Å². The molecule has 0 bridgehead atoms. The largest absolute Gasteiger partial charge is 0.507 e. The lowest BCUT2D eigenvalue weighted by atomic mass is 9.89. The van der Waals surface area contributed by atoms with Gasteiger partial charge in [0, 0.05) is 28.3 Å². The molecule has 0 radical (unpaired) electrons. The highest BCUT2D eigenvalue weighted by molar-refractivity contribution is 5.95. The van der Waals surface area contributed by atoms with Gasteiger partial charge in [-0.15, -0.1) is 0 Å². The second-order valence-corrected chi connectivity index (χ2v) is 8.10. The van der Waals surface area contributed by atoms with Crippen molar-refractivity contribution in [2.24, 2.45) is 5.92 Å². The van der Waals surface area contributed by atoms with Crippen LogP contribution in [0, 0.1) is 5.92 Å². The first-order valence-corrected chi connectivity index (χ1v) is 10.9. The number of benzene rings is 3. The average molecular weight is 462 g/mol. The van der Waals surface area contributed by atoms with Gasteiger partial charge in [0.2, 0.25) is 0 Å². The summed E-state index contributed by atoms with van der Waals surface area (Å²) < 4.78 is 5.87. The van der Waals surface area contributed by atoms with Crippen LogP contribution in [-0.2, 0) is 9.53 Å². The molecule has 0 unspecified atom stereocenters. The first kappa shape index (κ1) is 24.5. The molecular weight excluding hydrogens is 434 g/mol.